The van der Waals surface area contributed by atoms with Crippen molar-refractivity contribution in [3.05, 3.63) is 89.7 Å². The van der Waals surface area contributed by atoms with Gasteiger partial charge in [0.2, 0.25) is 0 Å². The van der Waals surface area contributed by atoms with Crippen LogP contribution in [0.15, 0.2) is 77.7 Å². The summed E-state index contributed by atoms with van der Waals surface area (Å²) in [6.45, 7) is 3.74. The van der Waals surface area contributed by atoms with Gasteiger partial charge in [0.1, 0.15) is 11.6 Å². The highest BCUT2D eigenvalue weighted by Gasteiger charge is 2.31. The van der Waals surface area contributed by atoms with Gasteiger partial charge in [0.25, 0.3) is 10.0 Å². The molecule has 0 spiro atoms. The van der Waals surface area contributed by atoms with Crippen LogP contribution in [0.3, 0.4) is 0 Å². The van der Waals surface area contributed by atoms with E-state index < -0.39 is 21.9 Å². The van der Waals surface area contributed by atoms with E-state index in [1.807, 2.05) is 37.3 Å². The Morgan fingerprint density at radius 1 is 0.929 bits per heavy atom. The Balaban J connectivity index is 2.17. The van der Waals surface area contributed by atoms with Crippen molar-refractivity contribution in [3.63, 3.8) is 0 Å². The zero-order chi connectivity index (χ0) is 20.3. The van der Waals surface area contributed by atoms with Crippen molar-refractivity contribution in [2.45, 2.75) is 24.8 Å². The first-order valence-corrected chi connectivity index (χ1v) is 10.3. The Bertz CT molecular complexity index is 1050. The summed E-state index contributed by atoms with van der Waals surface area (Å²) in [6, 6.07) is 18.9. The minimum atomic E-state index is -3.94. The lowest BCUT2D eigenvalue weighted by atomic mass is 10.1. The van der Waals surface area contributed by atoms with E-state index in [9.17, 15) is 12.8 Å². The van der Waals surface area contributed by atoms with Crippen LogP contribution in [-0.2, 0) is 10.0 Å². The highest BCUT2D eigenvalue weighted by atomic mass is 32.2. The fourth-order valence-electron chi connectivity index (χ4n) is 3.12. The first-order chi connectivity index (χ1) is 13.3. The number of ether oxygens (including phenoxy) is 1. The number of aryl methyl sites for hydroxylation is 1. The molecule has 0 saturated heterocycles. The molecule has 3 rings (SSSR count). The first kappa shape index (κ1) is 19.9. The summed E-state index contributed by atoms with van der Waals surface area (Å²) < 4.78 is 47.1. The molecule has 3 aromatic rings. The van der Waals surface area contributed by atoms with Gasteiger partial charge in [-0.2, -0.15) is 0 Å². The monoisotopic (exact) mass is 399 g/mol. The van der Waals surface area contributed by atoms with E-state index in [0.717, 1.165) is 23.3 Å². The highest BCUT2D eigenvalue weighted by molar-refractivity contribution is 7.92. The van der Waals surface area contributed by atoms with Crippen LogP contribution in [0.25, 0.3) is 0 Å². The normalized spacial score (nSPS) is 12.4. The van der Waals surface area contributed by atoms with Gasteiger partial charge in [-0.1, -0.05) is 35.9 Å². The number of hydrogen-bond donors (Lipinski definition) is 0. The van der Waals surface area contributed by atoms with E-state index >= 15 is 0 Å². The Kier molecular flexibility index (Phi) is 5.70. The third-order valence-corrected chi connectivity index (χ3v) is 6.51. The maximum absolute atomic E-state index is 13.5. The van der Waals surface area contributed by atoms with Crippen LogP contribution in [0.5, 0.6) is 5.75 Å². The number of halogens is 1. The van der Waals surface area contributed by atoms with Gasteiger partial charge in [0, 0.05) is 5.56 Å². The van der Waals surface area contributed by atoms with E-state index in [1.165, 1.54) is 16.4 Å². The molecule has 0 aliphatic rings. The molecule has 0 bridgehead atoms. The number of anilines is 1. The molecule has 0 aliphatic carbocycles. The Labute approximate surface area is 165 Å². The van der Waals surface area contributed by atoms with Gasteiger partial charge in [0.05, 0.1) is 23.7 Å². The van der Waals surface area contributed by atoms with Gasteiger partial charge < -0.3 is 4.74 Å². The second-order valence-corrected chi connectivity index (χ2v) is 8.32. The predicted molar refractivity (Wildman–Crippen MR) is 109 cm³/mol. The summed E-state index contributed by atoms with van der Waals surface area (Å²) in [6.07, 6.45) is 0. The lowest BCUT2D eigenvalue weighted by molar-refractivity contribution is 0.407. The highest BCUT2D eigenvalue weighted by Crippen LogP contribution is 2.36. The van der Waals surface area contributed by atoms with Gasteiger partial charge in [-0.25, -0.2) is 12.8 Å². The first-order valence-electron chi connectivity index (χ1n) is 8.84. The number of benzene rings is 3. The van der Waals surface area contributed by atoms with Crippen LogP contribution in [0, 0.1) is 12.7 Å². The SMILES string of the molecule is COc1ccccc1[C@@H](C)N(c1ccc(C)cc1)S(=O)(=O)c1ccc(F)cc1. The maximum atomic E-state index is 13.5. The zero-order valence-electron chi connectivity index (χ0n) is 16.0. The third kappa shape index (κ3) is 3.87. The molecule has 0 aromatic heterocycles. The van der Waals surface area contributed by atoms with Gasteiger partial charge in [-0.3, -0.25) is 4.31 Å². The molecule has 0 heterocycles. The minimum Gasteiger partial charge on any atom is -0.496 e. The molecule has 0 unspecified atom stereocenters. The van der Waals surface area contributed by atoms with Crippen LogP contribution in [0.1, 0.15) is 24.1 Å². The maximum Gasteiger partial charge on any atom is 0.264 e. The topological polar surface area (TPSA) is 46.6 Å². The summed E-state index contributed by atoms with van der Waals surface area (Å²) in [5.41, 5.74) is 2.28. The van der Waals surface area contributed by atoms with Gasteiger partial charge in [0.15, 0.2) is 0 Å². The zero-order valence-corrected chi connectivity index (χ0v) is 16.8. The number of nitrogens with zero attached hydrogens (tertiary/aromatic N) is 1. The molecule has 0 fully saturated rings. The second kappa shape index (κ2) is 8.02. The molecule has 3 aromatic carbocycles. The molecular formula is C22H22FNO3S. The largest absolute Gasteiger partial charge is 0.496 e. The smallest absolute Gasteiger partial charge is 0.264 e. The molecule has 1 atom stereocenters. The molecule has 0 amide bonds. The Morgan fingerprint density at radius 3 is 2.14 bits per heavy atom. The van der Waals surface area contributed by atoms with Gasteiger partial charge >= 0.3 is 0 Å². The second-order valence-electron chi connectivity index (χ2n) is 6.51. The minimum absolute atomic E-state index is 0.0243. The summed E-state index contributed by atoms with van der Waals surface area (Å²) in [5, 5.41) is 0. The van der Waals surface area contributed by atoms with E-state index in [2.05, 4.69) is 0 Å². The lowest BCUT2D eigenvalue weighted by Gasteiger charge is -2.31. The Morgan fingerprint density at radius 2 is 1.54 bits per heavy atom. The fraction of sp³-hybridized carbons (Fsp3) is 0.182. The van der Waals surface area contributed by atoms with Crippen molar-refractivity contribution in [1.29, 1.82) is 0 Å². The molecule has 0 N–H and O–H groups in total. The number of para-hydroxylation sites is 1. The molecule has 0 saturated carbocycles. The standard InChI is InChI=1S/C22H22FNO3S/c1-16-8-12-19(13-9-16)24(17(2)21-6-4-5-7-22(21)27-3)28(25,26)20-14-10-18(23)11-15-20/h4-15,17H,1-3H3/t17-/m1/s1. The third-order valence-electron chi connectivity index (χ3n) is 4.60. The summed E-state index contributed by atoms with van der Waals surface area (Å²) >= 11 is 0. The lowest BCUT2D eigenvalue weighted by Crippen LogP contribution is -2.34. The van der Waals surface area contributed by atoms with Crippen molar-refractivity contribution in [1.82, 2.24) is 0 Å². The predicted octanol–water partition coefficient (Wildman–Crippen LogP) is 5.10. The van der Waals surface area contributed by atoms with E-state index in [-0.39, 0.29) is 4.90 Å². The van der Waals surface area contributed by atoms with E-state index in [0.29, 0.717) is 11.4 Å². The number of sulfonamides is 1. The van der Waals surface area contributed by atoms with Gasteiger partial charge in [-0.05, 0) is 56.3 Å². The van der Waals surface area contributed by atoms with Crippen LogP contribution < -0.4 is 9.04 Å². The average molecular weight is 399 g/mol. The van der Waals surface area contributed by atoms with E-state index in [4.69, 9.17) is 4.74 Å². The van der Waals surface area contributed by atoms with Gasteiger partial charge in [-0.15, -0.1) is 0 Å². The van der Waals surface area contributed by atoms with Crippen LogP contribution in [-0.4, -0.2) is 15.5 Å². The molecule has 0 aliphatic heterocycles. The quantitative estimate of drug-likeness (QED) is 0.579. The molecule has 28 heavy (non-hydrogen) atoms. The summed E-state index contributed by atoms with van der Waals surface area (Å²) in [4.78, 5) is 0.0243. The van der Waals surface area contributed by atoms with Crippen molar-refractivity contribution in [2.75, 3.05) is 11.4 Å². The molecule has 4 nitrogen and oxygen atoms in total. The summed E-state index contributed by atoms with van der Waals surface area (Å²) in [7, 11) is -2.39. The number of hydrogen-bond acceptors (Lipinski definition) is 3. The number of methoxy groups -OCH3 is 1. The Hall–Kier alpha value is -2.86. The van der Waals surface area contributed by atoms with Crippen molar-refractivity contribution >= 4 is 15.7 Å². The molecule has 0 radical (unpaired) electrons. The van der Waals surface area contributed by atoms with Crippen molar-refractivity contribution in [2.24, 2.45) is 0 Å². The number of rotatable bonds is 6. The average Bonchev–Trinajstić information content (AvgIpc) is 2.69. The van der Waals surface area contributed by atoms with Crippen LogP contribution in [0.4, 0.5) is 10.1 Å². The van der Waals surface area contributed by atoms with Crippen LogP contribution >= 0.6 is 0 Å². The van der Waals surface area contributed by atoms with Crippen molar-refractivity contribution < 1.29 is 17.5 Å². The molecule has 6 heteroatoms. The molecular weight excluding hydrogens is 377 g/mol. The fourth-order valence-corrected chi connectivity index (χ4v) is 4.76. The van der Waals surface area contributed by atoms with Crippen molar-refractivity contribution in [3.8, 4) is 5.75 Å². The van der Waals surface area contributed by atoms with Crippen LogP contribution in [0.2, 0.25) is 0 Å². The molecule has 146 valence electrons. The van der Waals surface area contributed by atoms with E-state index in [1.54, 1.807) is 32.2 Å². The summed E-state index contributed by atoms with van der Waals surface area (Å²) in [5.74, 6) is 0.111.